The molecule has 3 aromatic rings. The lowest BCUT2D eigenvalue weighted by Crippen LogP contribution is -2.39. The highest BCUT2D eigenvalue weighted by Gasteiger charge is 2.21. The highest BCUT2D eigenvalue weighted by molar-refractivity contribution is 5.96. The molecule has 3 rings (SSSR count). The lowest BCUT2D eigenvalue weighted by molar-refractivity contribution is -0.384. The number of benzene rings is 3. The van der Waals surface area contributed by atoms with Gasteiger partial charge in [0.2, 0.25) is 5.91 Å². The maximum absolute atomic E-state index is 12.8. The van der Waals surface area contributed by atoms with Crippen LogP contribution in [0.15, 0.2) is 54.6 Å². The van der Waals surface area contributed by atoms with Crippen molar-refractivity contribution in [3.63, 3.8) is 0 Å². The zero-order valence-corrected chi connectivity index (χ0v) is 17.9. The van der Waals surface area contributed by atoms with Crippen LogP contribution in [0.5, 0.6) is 11.5 Å². The second kappa shape index (κ2) is 9.44. The Morgan fingerprint density at radius 1 is 1.06 bits per heavy atom. The molecule has 0 aromatic heterocycles. The largest absolute Gasteiger partial charge is 0.497 e. The van der Waals surface area contributed by atoms with E-state index in [0.29, 0.717) is 12.3 Å². The predicted molar refractivity (Wildman–Crippen MR) is 120 cm³/mol. The van der Waals surface area contributed by atoms with Crippen LogP contribution < -0.4 is 14.8 Å². The van der Waals surface area contributed by atoms with Crippen LogP contribution in [0.25, 0.3) is 10.8 Å². The van der Waals surface area contributed by atoms with Gasteiger partial charge in [-0.2, -0.15) is 0 Å². The fourth-order valence-corrected chi connectivity index (χ4v) is 3.27. The van der Waals surface area contributed by atoms with Crippen LogP contribution in [0.3, 0.4) is 0 Å². The van der Waals surface area contributed by atoms with Crippen molar-refractivity contribution in [3.8, 4) is 11.5 Å². The number of methoxy groups -OCH3 is 2. The summed E-state index contributed by atoms with van der Waals surface area (Å²) in [7, 11) is 4.94. The van der Waals surface area contributed by atoms with Crippen LogP contribution in [0.2, 0.25) is 0 Å². The second-order valence-electron chi connectivity index (χ2n) is 7.27. The summed E-state index contributed by atoms with van der Waals surface area (Å²) in [6.07, 6.45) is 0. The van der Waals surface area contributed by atoms with E-state index < -0.39 is 11.0 Å². The van der Waals surface area contributed by atoms with Gasteiger partial charge in [-0.25, -0.2) is 0 Å². The van der Waals surface area contributed by atoms with Gasteiger partial charge in [-0.15, -0.1) is 0 Å². The van der Waals surface area contributed by atoms with E-state index in [4.69, 9.17) is 9.47 Å². The number of nitro benzene ring substituents is 1. The number of nitrogens with one attached hydrogen (secondary N) is 1. The van der Waals surface area contributed by atoms with Gasteiger partial charge in [0.05, 0.1) is 30.9 Å². The number of nitrogens with zero attached hydrogens (tertiary/aromatic N) is 2. The summed E-state index contributed by atoms with van der Waals surface area (Å²) in [6, 6.07) is 15.6. The van der Waals surface area contributed by atoms with Gasteiger partial charge in [0, 0.05) is 18.7 Å². The molecule has 31 heavy (non-hydrogen) atoms. The van der Waals surface area contributed by atoms with Gasteiger partial charge in [-0.05, 0) is 54.6 Å². The molecule has 0 aliphatic carbocycles. The first-order valence-corrected chi connectivity index (χ1v) is 9.72. The summed E-state index contributed by atoms with van der Waals surface area (Å²) in [6.45, 7) is 2.34. The van der Waals surface area contributed by atoms with Crippen LogP contribution in [-0.2, 0) is 11.3 Å². The maximum Gasteiger partial charge on any atom is 0.271 e. The van der Waals surface area contributed by atoms with Crippen molar-refractivity contribution in [2.75, 3.05) is 26.6 Å². The van der Waals surface area contributed by atoms with E-state index in [0.717, 1.165) is 22.1 Å². The highest BCUT2D eigenvalue weighted by atomic mass is 16.6. The number of likely N-dealkylation sites (N-methyl/N-ethyl adjacent to an activating group) is 1. The minimum absolute atomic E-state index is 0.120. The van der Waals surface area contributed by atoms with Gasteiger partial charge in [-0.3, -0.25) is 19.8 Å². The Kier molecular flexibility index (Phi) is 6.71. The van der Waals surface area contributed by atoms with E-state index in [-0.39, 0.29) is 17.3 Å². The number of nitro groups is 1. The van der Waals surface area contributed by atoms with Gasteiger partial charge >= 0.3 is 0 Å². The van der Waals surface area contributed by atoms with E-state index in [1.54, 1.807) is 14.0 Å². The van der Waals surface area contributed by atoms with Crippen LogP contribution in [0.4, 0.5) is 11.4 Å². The number of rotatable bonds is 8. The number of hydrogen-bond acceptors (Lipinski definition) is 6. The quantitative estimate of drug-likeness (QED) is 0.431. The van der Waals surface area contributed by atoms with Gasteiger partial charge in [-0.1, -0.05) is 18.2 Å². The average molecular weight is 423 g/mol. The number of ether oxygens (including phenoxy) is 2. The summed E-state index contributed by atoms with van der Waals surface area (Å²) in [5.41, 5.74) is 1.21. The summed E-state index contributed by atoms with van der Waals surface area (Å²) >= 11 is 0. The number of amides is 1. The predicted octanol–water partition coefficient (Wildman–Crippen LogP) is 4.22. The third-order valence-electron chi connectivity index (χ3n) is 5.24. The molecular formula is C23H25N3O5. The fourth-order valence-electron chi connectivity index (χ4n) is 3.27. The first-order valence-electron chi connectivity index (χ1n) is 9.72. The average Bonchev–Trinajstić information content (AvgIpc) is 2.77. The number of anilines is 1. The Labute approximate surface area is 180 Å². The van der Waals surface area contributed by atoms with Gasteiger partial charge < -0.3 is 14.8 Å². The molecule has 0 radical (unpaired) electrons. The molecule has 0 fully saturated rings. The zero-order valence-electron chi connectivity index (χ0n) is 17.9. The standard InChI is InChI=1S/C23H25N3O5/c1-15(23(27)24-21-13-19(26(28)29)8-10-22(21)31-4)25(2)14-16-5-6-18-12-20(30-3)9-7-17(18)11-16/h5-13,15H,14H2,1-4H3,(H,24,27)/t15-/m0/s1. The van der Waals surface area contributed by atoms with Gasteiger partial charge in [0.15, 0.2) is 0 Å². The highest BCUT2D eigenvalue weighted by Crippen LogP contribution is 2.29. The Morgan fingerprint density at radius 3 is 2.45 bits per heavy atom. The number of non-ortho nitro benzene ring substituents is 1. The van der Waals surface area contributed by atoms with E-state index in [2.05, 4.69) is 11.4 Å². The SMILES string of the molecule is COc1ccc2cc(CN(C)[C@@H](C)C(=O)Nc3cc([N+](=O)[O-])ccc3OC)ccc2c1. The number of carbonyl (C=O) groups excluding carboxylic acids is 1. The molecule has 8 heteroatoms. The minimum Gasteiger partial charge on any atom is -0.497 e. The molecule has 0 aliphatic heterocycles. The van der Waals surface area contributed by atoms with Crippen molar-refractivity contribution in [1.82, 2.24) is 4.90 Å². The molecule has 0 saturated carbocycles. The number of carbonyl (C=O) groups is 1. The fraction of sp³-hybridized carbons (Fsp3) is 0.261. The Balaban J connectivity index is 1.72. The van der Waals surface area contributed by atoms with Crippen molar-refractivity contribution in [3.05, 3.63) is 70.3 Å². The van der Waals surface area contributed by atoms with E-state index in [9.17, 15) is 14.9 Å². The van der Waals surface area contributed by atoms with Crippen LogP contribution >= 0.6 is 0 Å². The molecule has 0 bridgehead atoms. The van der Waals surface area contributed by atoms with Crippen molar-refractivity contribution >= 4 is 28.1 Å². The second-order valence-corrected chi connectivity index (χ2v) is 7.27. The molecular weight excluding hydrogens is 398 g/mol. The molecule has 1 N–H and O–H groups in total. The Hall–Kier alpha value is -3.65. The van der Waals surface area contributed by atoms with Crippen LogP contribution in [0.1, 0.15) is 12.5 Å². The molecule has 0 spiro atoms. The summed E-state index contributed by atoms with van der Waals surface area (Å²) < 4.78 is 10.5. The molecule has 1 amide bonds. The number of hydrogen-bond donors (Lipinski definition) is 1. The minimum atomic E-state index is -0.514. The van der Waals surface area contributed by atoms with Gasteiger partial charge in [0.25, 0.3) is 5.69 Å². The molecule has 1 atom stereocenters. The molecule has 0 unspecified atom stereocenters. The van der Waals surface area contributed by atoms with Crippen molar-refractivity contribution in [2.24, 2.45) is 0 Å². The topological polar surface area (TPSA) is 93.9 Å². The van der Waals surface area contributed by atoms with Crippen LogP contribution in [0, 0.1) is 10.1 Å². The number of fused-ring (bicyclic) bond motifs is 1. The van der Waals surface area contributed by atoms with Gasteiger partial charge in [0.1, 0.15) is 11.5 Å². The lowest BCUT2D eigenvalue weighted by atomic mass is 10.1. The molecule has 3 aromatic carbocycles. The normalized spacial score (nSPS) is 11.9. The smallest absolute Gasteiger partial charge is 0.271 e. The van der Waals surface area contributed by atoms with E-state index in [1.165, 1.54) is 25.3 Å². The molecule has 0 aliphatic rings. The van der Waals surface area contributed by atoms with Crippen molar-refractivity contribution in [1.29, 1.82) is 0 Å². The zero-order chi connectivity index (χ0) is 22.5. The molecule has 0 saturated heterocycles. The molecule has 8 nitrogen and oxygen atoms in total. The maximum atomic E-state index is 12.8. The van der Waals surface area contributed by atoms with Crippen molar-refractivity contribution in [2.45, 2.75) is 19.5 Å². The Bertz CT molecular complexity index is 1120. The molecule has 0 heterocycles. The molecule has 162 valence electrons. The lowest BCUT2D eigenvalue weighted by Gasteiger charge is -2.24. The Morgan fingerprint density at radius 2 is 1.77 bits per heavy atom. The summed E-state index contributed by atoms with van der Waals surface area (Å²) in [4.78, 5) is 25.2. The first-order chi connectivity index (χ1) is 14.8. The van der Waals surface area contributed by atoms with E-state index in [1.807, 2.05) is 42.3 Å². The summed E-state index contributed by atoms with van der Waals surface area (Å²) in [5, 5.41) is 16.0. The monoisotopic (exact) mass is 423 g/mol. The van der Waals surface area contributed by atoms with Crippen molar-refractivity contribution < 1.29 is 19.2 Å². The summed E-state index contributed by atoms with van der Waals surface area (Å²) in [5.74, 6) is 0.879. The van der Waals surface area contributed by atoms with E-state index >= 15 is 0 Å². The third-order valence-corrected chi connectivity index (χ3v) is 5.24. The first kappa shape index (κ1) is 22.0. The van der Waals surface area contributed by atoms with Crippen LogP contribution in [-0.4, -0.2) is 43.0 Å². The third kappa shape index (κ3) is 5.10.